The summed E-state index contributed by atoms with van der Waals surface area (Å²) in [7, 11) is 0. The number of carbonyl (C=O) groups excluding carboxylic acids is 1. The van der Waals surface area contributed by atoms with Crippen LogP contribution < -0.4 is 0 Å². The van der Waals surface area contributed by atoms with E-state index in [1.807, 2.05) is 26.8 Å². The van der Waals surface area contributed by atoms with Crippen molar-refractivity contribution in [2.24, 2.45) is 0 Å². The van der Waals surface area contributed by atoms with Gasteiger partial charge in [-0.2, -0.15) is 5.10 Å². The number of rotatable bonds is 0. The number of nitrogens with zero attached hydrogens (tertiary/aromatic N) is 3. The molecule has 0 saturated carbocycles. The third-order valence-electron chi connectivity index (χ3n) is 2.62. The third kappa shape index (κ3) is 3.01. The molecule has 1 amide bonds. The van der Waals surface area contributed by atoms with Crippen LogP contribution in [0.25, 0.3) is 0 Å². The van der Waals surface area contributed by atoms with Gasteiger partial charge in [-0.3, -0.25) is 9.58 Å². The summed E-state index contributed by atoms with van der Waals surface area (Å²) in [5.74, 6) is 0. The molecule has 6 heteroatoms. The fourth-order valence-electron chi connectivity index (χ4n) is 1.90. The van der Waals surface area contributed by atoms with Crippen LogP contribution in [0.15, 0.2) is 12.3 Å². The standard InChI is InChI=1S/C12H19N3O3/c1-12(2,3)18-11(17)14-6-9-4-5-13-15(9)8-10(16)7-14/h4-5,10,16H,6-8H2,1-3H3/t10-/m1/s1. The van der Waals surface area contributed by atoms with Gasteiger partial charge in [-0.15, -0.1) is 0 Å². The van der Waals surface area contributed by atoms with Crippen molar-refractivity contribution < 1.29 is 14.6 Å². The zero-order valence-corrected chi connectivity index (χ0v) is 11.0. The van der Waals surface area contributed by atoms with Gasteiger partial charge in [0.05, 0.1) is 31.4 Å². The summed E-state index contributed by atoms with van der Waals surface area (Å²) in [5.41, 5.74) is 0.367. The molecule has 0 spiro atoms. The van der Waals surface area contributed by atoms with Crippen LogP contribution in [-0.2, 0) is 17.8 Å². The second-order valence-electron chi connectivity index (χ2n) is 5.52. The molecule has 0 aromatic carbocycles. The predicted molar refractivity (Wildman–Crippen MR) is 64.9 cm³/mol. The molecule has 2 heterocycles. The lowest BCUT2D eigenvalue weighted by Crippen LogP contribution is -2.39. The Morgan fingerprint density at radius 2 is 2.22 bits per heavy atom. The minimum atomic E-state index is -0.626. The first-order chi connectivity index (χ1) is 8.35. The quantitative estimate of drug-likeness (QED) is 0.749. The first-order valence-corrected chi connectivity index (χ1v) is 6.02. The summed E-state index contributed by atoms with van der Waals surface area (Å²) in [6.45, 7) is 6.54. The summed E-state index contributed by atoms with van der Waals surface area (Å²) >= 11 is 0. The maximum atomic E-state index is 12.0. The fraction of sp³-hybridized carbons (Fsp3) is 0.667. The molecule has 2 rings (SSSR count). The lowest BCUT2D eigenvalue weighted by molar-refractivity contribution is 0.0138. The molecule has 1 aliphatic heterocycles. The second kappa shape index (κ2) is 4.61. The van der Waals surface area contributed by atoms with Crippen molar-refractivity contribution in [3.8, 4) is 0 Å². The summed E-state index contributed by atoms with van der Waals surface area (Å²) in [6.07, 6.45) is 0.635. The third-order valence-corrected chi connectivity index (χ3v) is 2.62. The van der Waals surface area contributed by atoms with E-state index in [0.717, 1.165) is 5.69 Å². The largest absolute Gasteiger partial charge is 0.444 e. The van der Waals surface area contributed by atoms with E-state index in [1.54, 1.807) is 10.9 Å². The molecule has 1 aliphatic rings. The van der Waals surface area contributed by atoms with Gasteiger partial charge >= 0.3 is 6.09 Å². The topological polar surface area (TPSA) is 67.6 Å². The smallest absolute Gasteiger partial charge is 0.410 e. The van der Waals surface area contributed by atoms with Crippen LogP contribution in [0.2, 0.25) is 0 Å². The molecule has 0 unspecified atom stereocenters. The Labute approximate surface area is 106 Å². The molecule has 1 N–H and O–H groups in total. The Morgan fingerprint density at radius 3 is 2.89 bits per heavy atom. The molecule has 100 valence electrons. The number of carbonyl (C=O) groups is 1. The first-order valence-electron chi connectivity index (χ1n) is 6.02. The Morgan fingerprint density at radius 1 is 1.50 bits per heavy atom. The van der Waals surface area contributed by atoms with Gasteiger partial charge in [0, 0.05) is 6.20 Å². The van der Waals surface area contributed by atoms with E-state index in [4.69, 9.17) is 4.74 Å². The van der Waals surface area contributed by atoms with E-state index in [2.05, 4.69) is 5.10 Å². The fourth-order valence-corrected chi connectivity index (χ4v) is 1.90. The molecule has 0 radical (unpaired) electrons. The lowest BCUT2D eigenvalue weighted by Gasteiger charge is -2.26. The number of aliphatic hydroxyl groups is 1. The van der Waals surface area contributed by atoms with Crippen LogP contribution in [0.4, 0.5) is 4.79 Å². The summed E-state index contributed by atoms with van der Waals surface area (Å²) in [5, 5.41) is 14.0. The van der Waals surface area contributed by atoms with Crippen LogP contribution in [-0.4, -0.2) is 44.1 Å². The van der Waals surface area contributed by atoms with Crippen LogP contribution in [0.5, 0.6) is 0 Å². The van der Waals surface area contributed by atoms with Gasteiger partial charge in [-0.1, -0.05) is 0 Å². The molecule has 0 fully saturated rings. The van der Waals surface area contributed by atoms with Crippen LogP contribution >= 0.6 is 0 Å². The van der Waals surface area contributed by atoms with E-state index in [0.29, 0.717) is 13.1 Å². The highest BCUT2D eigenvalue weighted by atomic mass is 16.6. The van der Waals surface area contributed by atoms with Crippen molar-refractivity contribution in [3.63, 3.8) is 0 Å². The molecule has 0 aliphatic carbocycles. The lowest BCUT2D eigenvalue weighted by atomic mass is 10.2. The zero-order valence-electron chi connectivity index (χ0n) is 11.0. The van der Waals surface area contributed by atoms with Crippen molar-refractivity contribution in [1.82, 2.24) is 14.7 Å². The van der Waals surface area contributed by atoms with E-state index in [1.165, 1.54) is 4.90 Å². The average molecular weight is 253 g/mol. The van der Waals surface area contributed by atoms with Gasteiger partial charge in [0.15, 0.2) is 0 Å². The van der Waals surface area contributed by atoms with Crippen LogP contribution in [0.1, 0.15) is 26.5 Å². The number of hydrogen-bond donors (Lipinski definition) is 1. The molecular weight excluding hydrogens is 234 g/mol. The molecule has 1 atom stereocenters. The van der Waals surface area contributed by atoms with Gasteiger partial charge in [-0.05, 0) is 26.8 Å². The molecular formula is C12H19N3O3. The van der Waals surface area contributed by atoms with E-state index < -0.39 is 17.8 Å². The molecule has 6 nitrogen and oxygen atoms in total. The monoisotopic (exact) mass is 253 g/mol. The number of fused-ring (bicyclic) bond motifs is 1. The maximum Gasteiger partial charge on any atom is 0.410 e. The Balaban J connectivity index is 2.12. The van der Waals surface area contributed by atoms with Crippen molar-refractivity contribution in [3.05, 3.63) is 18.0 Å². The molecule has 18 heavy (non-hydrogen) atoms. The molecule has 1 aromatic heterocycles. The molecule has 1 aromatic rings. The second-order valence-corrected chi connectivity index (χ2v) is 5.52. The van der Waals surface area contributed by atoms with E-state index in [-0.39, 0.29) is 6.54 Å². The van der Waals surface area contributed by atoms with Crippen molar-refractivity contribution in [2.75, 3.05) is 6.54 Å². The van der Waals surface area contributed by atoms with E-state index >= 15 is 0 Å². The molecule has 0 saturated heterocycles. The normalized spacial score (nSPS) is 20.2. The summed E-state index contributed by atoms with van der Waals surface area (Å²) in [4.78, 5) is 13.5. The Bertz CT molecular complexity index is 436. The molecule has 0 bridgehead atoms. The zero-order chi connectivity index (χ0) is 13.3. The highest BCUT2D eigenvalue weighted by Crippen LogP contribution is 2.16. The Hall–Kier alpha value is -1.56. The van der Waals surface area contributed by atoms with E-state index in [9.17, 15) is 9.90 Å². The number of ether oxygens (including phenoxy) is 1. The number of aliphatic hydroxyl groups excluding tert-OH is 1. The van der Waals surface area contributed by atoms with Crippen molar-refractivity contribution >= 4 is 6.09 Å². The number of amides is 1. The number of aromatic nitrogens is 2. The van der Waals surface area contributed by atoms with Gasteiger partial charge in [0.25, 0.3) is 0 Å². The highest BCUT2D eigenvalue weighted by Gasteiger charge is 2.27. The minimum absolute atomic E-state index is 0.262. The average Bonchev–Trinajstić information content (AvgIpc) is 2.55. The van der Waals surface area contributed by atoms with Crippen LogP contribution in [0.3, 0.4) is 0 Å². The highest BCUT2D eigenvalue weighted by molar-refractivity contribution is 5.68. The number of β-amino-alcohol motifs (C(OH)–C–C–N with tert-alkyl or cyclic N) is 1. The van der Waals surface area contributed by atoms with Gasteiger partial charge in [0.1, 0.15) is 5.60 Å². The van der Waals surface area contributed by atoms with Crippen LogP contribution in [0, 0.1) is 0 Å². The van der Waals surface area contributed by atoms with Gasteiger partial charge in [0.2, 0.25) is 0 Å². The minimum Gasteiger partial charge on any atom is -0.444 e. The van der Waals surface area contributed by atoms with Crippen molar-refractivity contribution in [1.29, 1.82) is 0 Å². The van der Waals surface area contributed by atoms with Gasteiger partial charge < -0.3 is 9.84 Å². The Kier molecular flexibility index (Phi) is 3.30. The predicted octanol–water partition coefficient (Wildman–Crippen LogP) is 0.995. The summed E-state index contributed by atoms with van der Waals surface area (Å²) in [6, 6.07) is 1.84. The SMILES string of the molecule is CC(C)(C)OC(=O)N1Cc2ccnn2C[C@H](O)C1. The van der Waals surface area contributed by atoms with Crippen molar-refractivity contribution in [2.45, 2.75) is 45.6 Å². The van der Waals surface area contributed by atoms with Gasteiger partial charge in [-0.25, -0.2) is 4.79 Å². The first kappa shape index (κ1) is 12.9. The number of hydrogen-bond acceptors (Lipinski definition) is 4. The summed E-state index contributed by atoms with van der Waals surface area (Å²) < 4.78 is 7.04. The maximum absolute atomic E-state index is 12.0.